The highest BCUT2D eigenvalue weighted by molar-refractivity contribution is 5.86. The summed E-state index contributed by atoms with van der Waals surface area (Å²) >= 11 is 0. The largest absolute Gasteiger partial charge is 0.300 e. The molecule has 1 amide bonds. The van der Waals surface area contributed by atoms with Crippen molar-refractivity contribution in [2.45, 2.75) is 31.2 Å². The number of ketones is 1. The molecule has 1 atom stereocenters. The highest BCUT2D eigenvalue weighted by Gasteiger charge is 2.43. The molecule has 1 aliphatic carbocycles. The van der Waals surface area contributed by atoms with Crippen molar-refractivity contribution in [3.05, 3.63) is 0 Å². The Labute approximate surface area is 64.3 Å². The molecule has 1 saturated carbocycles. The normalized spacial score (nSPS) is 36.7. The van der Waals surface area contributed by atoms with Crippen molar-refractivity contribution in [3.63, 3.8) is 0 Å². The van der Waals surface area contributed by atoms with E-state index in [2.05, 4.69) is 10.9 Å². The standard InChI is InChI=1S/C7H10N2O2/c10-5-1-2-7(3-5)4-6(11)8-9-7/h9H,1-4H2,(H,8,11). The maximum absolute atomic E-state index is 10.9. The lowest BCUT2D eigenvalue weighted by Crippen LogP contribution is -2.41. The van der Waals surface area contributed by atoms with Gasteiger partial charge in [-0.15, -0.1) is 0 Å². The Hall–Kier alpha value is -0.900. The van der Waals surface area contributed by atoms with E-state index in [0.29, 0.717) is 19.3 Å². The van der Waals surface area contributed by atoms with Crippen LogP contribution in [0, 0.1) is 0 Å². The molecule has 1 unspecified atom stereocenters. The number of Topliss-reactive ketones (excluding diaryl/α,β-unsaturated/α-hetero) is 1. The van der Waals surface area contributed by atoms with Crippen molar-refractivity contribution >= 4 is 11.7 Å². The van der Waals surface area contributed by atoms with Crippen LogP contribution < -0.4 is 10.9 Å². The molecule has 0 aromatic rings. The fraction of sp³-hybridized carbons (Fsp3) is 0.714. The zero-order valence-electron chi connectivity index (χ0n) is 6.14. The van der Waals surface area contributed by atoms with Crippen LogP contribution >= 0.6 is 0 Å². The minimum atomic E-state index is -0.228. The van der Waals surface area contributed by atoms with E-state index in [-0.39, 0.29) is 17.2 Å². The number of carbonyl (C=O) groups is 2. The zero-order valence-corrected chi connectivity index (χ0v) is 6.14. The molecule has 1 spiro atoms. The van der Waals surface area contributed by atoms with Crippen molar-refractivity contribution in [2.75, 3.05) is 0 Å². The summed E-state index contributed by atoms with van der Waals surface area (Å²) in [7, 11) is 0. The van der Waals surface area contributed by atoms with Crippen LogP contribution in [0.15, 0.2) is 0 Å². The Morgan fingerprint density at radius 1 is 1.27 bits per heavy atom. The van der Waals surface area contributed by atoms with Crippen LogP contribution in [0.4, 0.5) is 0 Å². The van der Waals surface area contributed by atoms with E-state index in [1.807, 2.05) is 0 Å². The molecule has 1 aliphatic heterocycles. The third-order valence-electron chi connectivity index (χ3n) is 2.38. The summed E-state index contributed by atoms with van der Waals surface area (Å²) < 4.78 is 0. The molecule has 1 saturated heterocycles. The average Bonchev–Trinajstić information content (AvgIpc) is 2.44. The van der Waals surface area contributed by atoms with Crippen LogP contribution in [0.5, 0.6) is 0 Å². The maximum Gasteiger partial charge on any atom is 0.236 e. The van der Waals surface area contributed by atoms with Gasteiger partial charge in [-0.25, -0.2) is 5.43 Å². The first-order chi connectivity index (χ1) is 5.20. The lowest BCUT2D eigenvalue weighted by Gasteiger charge is -2.18. The van der Waals surface area contributed by atoms with Crippen molar-refractivity contribution < 1.29 is 9.59 Å². The lowest BCUT2D eigenvalue weighted by molar-refractivity contribution is -0.119. The third kappa shape index (κ3) is 1.03. The van der Waals surface area contributed by atoms with Gasteiger partial charge in [0.2, 0.25) is 5.91 Å². The summed E-state index contributed by atoms with van der Waals surface area (Å²) in [5.74, 6) is 0.258. The summed E-state index contributed by atoms with van der Waals surface area (Å²) in [5.41, 5.74) is 5.20. The van der Waals surface area contributed by atoms with Crippen LogP contribution in [0.3, 0.4) is 0 Å². The first-order valence-corrected chi connectivity index (χ1v) is 3.78. The number of hydrazine groups is 1. The molecule has 0 aromatic carbocycles. The van der Waals surface area contributed by atoms with Gasteiger partial charge >= 0.3 is 0 Å². The molecule has 0 bridgehead atoms. The first kappa shape index (κ1) is 6.79. The zero-order chi connectivity index (χ0) is 7.90. The van der Waals surface area contributed by atoms with Gasteiger partial charge in [0, 0.05) is 19.3 Å². The van der Waals surface area contributed by atoms with E-state index in [9.17, 15) is 9.59 Å². The van der Waals surface area contributed by atoms with Crippen molar-refractivity contribution in [1.29, 1.82) is 0 Å². The van der Waals surface area contributed by atoms with Gasteiger partial charge in [-0.05, 0) is 6.42 Å². The summed E-state index contributed by atoms with van der Waals surface area (Å²) in [6, 6.07) is 0. The molecule has 0 aromatic heterocycles. The summed E-state index contributed by atoms with van der Waals surface area (Å²) in [6.45, 7) is 0. The Balaban J connectivity index is 2.13. The predicted octanol–water partition coefficient (Wildman–Crippen LogP) is -0.497. The van der Waals surface area contributed by atoms with E-state index in [4.69, 9.17) is 0 Å². The van der Waals surface area contributed by atoms with Gasteiger partial charge in [-0.1, -0.05) is 0 Å². The Morgan fingerprint density at radius 2 is 2.09 bits per heavy atom. The first-order valence-electron chi connectivity index (χ1n) is 3.78. The number of hydrogen-bond acceptors (Lipinski definition) is 3. The fourth-order valence-corrected chi connectivity index (χ4v) is 1.79. The minimum Gasteiger partial charge on any atom is -0.300 e. The molecule has 2 rings (SSSR count). The molecule has 60 valence electrons. The lowest BCUT2D eigenvalue weighted by atomic mass is 9.96. The van der Waals surface area contributed by atoms with Crippen LogP contribution in [-0.2, 0) is 9.59 Å². The van der Waals surface area contributed by atoms with Crippen LogP contribution in [0.25, 0.3) is 0 Å². The van der Waals surface area contributed by atoms with Crippen molar-refractivity contribution in [1.82, 2.24) is 10.9 Å². The van der Waals surface area contributed by atoms with E-state index < -0.39 is 0 Å². The number of amides is 1. The number of carbonyl (C=O) groups excluding carboxylic acids is 2. The van der Waals surface area contributed by atoms with Crippen LogP contribution in [0.2, 0.25) is 0 Å². The van der Waals surface area contributed by atoms with Gasteiger partial charge < -0.3 is 0 Å². The fourth-order valence-electron chi connectivity index (χ4n) is 1.79. The monoisotopic (exact) mass is 154 g/mol. The predicted molar refractivity (Wildman–Crippen MR) is 37.5 cm³/mol. The van der Waals surface area contributed by atoms with Gasteiger partial charge in [0.05, 0.1) is 5.54 Å². The van der Waals surface area contributed by atoms with Crippen LogP contribution in [0.1, 0.15) is 25.7 Å². The van der Waals surface area contributed by atoms with Gasteiger partial charge in [-0.3, -0.25) is 15.0 Å². The van der Waals surface area contributed by atoms with Crippen LogP contribution in [-0.4, -0.2) is 17.2 Å². The quantitative estimate of drug-likeness (QED) is 0.494. The summed E-state index contributed by atoms with van der Waals surface area (Å²) in [5, 5.41) is 0. The highest BCUT2D eigenvalue weighted by atomic mass is 16.2. The molecule has 2 N–H and O–H groups in total. The maximum atomic E-state index is 10.9. The van der Waals surface area contributed by atoms with Crippen molar-refractivity contribution in [3.8, 4) is 0 Å². The smallest absolute Gasteiger partial charge is 0.236 e. The van der Waals surface area contributed by atoms with Crippen molar-refractivity contribution in [2.24, 2.45) is 0 Å². The topological polar surface area (TPSA) is 58.2 Å². The molecule has 2 aliphatic rings. The Bertz CT molecular complexity index is 200. The number of rotatable bonds is 0. The van der Waals surface area contributed by atoms with Gasteiger partial charge in [0.15, 0.2) is 0 Å². The second kappa shape index (κ2) is 2.04. The molecular weight excluding hydrogens is 144 g/mol. The molecule has 2 fully saturated rings. The number of nitrogens with one attached hydrogen (secondary N) is 2. The molecular formula is C7H10N2O2. The summed E-state index contributed by atoms with van der Waals surface area (Å²) in [4.78, 5) is 21.8. The van der Waals surface area contributed by atoms with E-state index in [1.165, 1.54) is 0 Å². The van der Waals surface area contributed by atoms with E-state index in [1.54, 1.807) is 0 Å². The minimum absolute atomic E-state index is 0.000278. The SMILES string of the molecule is O=C1CCC2(C1)CC(=O)NN2. The highest BCUT2D eigenvalue weighted by Crippen LogP contribution is 2.31. The third-order valence-corrected chi connectivity index (χ3v) is 2.38. The average molecular weight is 154 g/mol. The molecule has 1 heterocycles. The Morgan fingerprint density at radius 3 is 2.55 bits per heavy atom. The van der Waals surface area contributed by atoms with E-state index >= 15 is 0 Å². The second-order valence-electron chi connectivity index (χ2n) is 3.35. The molecule has 11 heavy (non-hydrogen) atoms. The second-order valence-corrected chi connectivity index (χ2v) is 3.35. The van der Waals surface area contributed by atoms with Gasteiger partial charge in [0.1, 0.15) is 5.78 Å². The molecule has 0 radical (unpaired) electrons. The molecule has 4 heteroatoms. The molecule has 4 nitrogen and oxygen atoms in total. The van der Waals surface area contributed by atoms with Gasteiger partial charge in [-0.2, -0.15) is 0 Å². The Kier molecular flexibility index (Phi) is 1.26. The van der Waals surface area contributed by atoms with E-state index in [0.717, 1.165) is 6.42 Å². The number of hydrogen-bond donors (Lipinski definition) is 2. The summed E-state index contributed by atoms with van der Waals surface area (Å²) in [6.07, 6.45) is 2.37. The van der Waals surface area contributed by atoms with Gasteiger partial charge in [0.25, 0.3) is 0 Å².